The van der Waals surface area contributed by atoms with E-state index in [9.17, 15) is 8.42 Å². The van der Waals surface area contributed by atoms with Gasteiger partial charge in [-0.05, 0) is 86.3 Å². The molecule has 7 nitrogen and oxygen atoms in total. The first-order chi connectivity index (χ1) is 18.4. The molecule has 0 spiro atoms. The lowest BCUT2D eigenvalue weighted by Gasteiger charge is -2.34. The van der Waals surface area contributed by atoms with E-state index in [0.29, 0.717) is 24.7 Å². The lowest BCUT2D eigenvalue weighted by Crippen LogP contribution is -2.25. The van der Waals surface area contributed by atoms with E-state index in [2.05, 4.69) is 3.63 Å². The molecule has 2 saturated heterocycles. The third kappa shape index (κ3) is 6.52. The Morgan fingerprint density at radius 1 is 0.658 bits per heavy atom. The molecular formula is C29H35O7S2+. The molecule has 204 valence electrons. The summed E-state index contributed by atoms with van der Waals surface area (Å²) in [7, 11) is -6.26. The van der Waals surface area contributed by atoms with Crippen LogP contribution in [0.3, 0.4) is 0 Å². The summed E-state index contributed by atoms with van der Waals surface area (Å²) < 4.78 is 53.7. The van der Waals surface area contributed by atoms with E-state index in [0.717, 1.165) is 59.5 Å². The normalized spacial score (nSPS) is 22.7. The summed E-state index contributed by atoms with van der Waals surface area (Å²) in [5.74, 6) is 1.36. The third-order valence-corrected chi connectivity index (χ3v) is 11.3. The minimum Gasteiger partial charge on any atom is -0.465 e. The van der Waals surface area contributed by atoms with Gasteiger partial charge in [0.15, 0.2) is 12.6 Å². The molecule has 0 radical (unpaired) electrons. The molecule has 38 heavy (non-hydrogen) atoms. The lowest BCUT2D eigenvalue weighted by molar-refractivity contribution is -0.106. The molecule has 0 aromatic heterocycles. The fraction of sp³-hybridized carbons (Fsp3) is 0.379. The van der Waals surface area contributed by atoms with Gasteiger partial charge in [0.25, 0.3) is 0 Å². The van der Waals surface area contributed by atoms with Crippen LogP contribution >= 0.6 is 10.3 Å². The van der Waals surface area contributed by atoms with Gasteiger partial charge in [-0.25, -0.2) is 0 Å². The number of ether oxygens (including phenoxy) is 4. The van der Waals surface area contributed by atoms with Crippen LogP contribution in [0.1, 0.15) is 38.5 Å². The van der Waals surface area contributed by atoms with Gasteiger partial charge in [-0.1, -0.05) is 18.2 Å². The molecule has 2 atom stereocenters. The van der Waals surface area contributed by atoms with E-state index < -0.39 is 20.4 Å². The van der Waals surface area contributed by atoms with Crippen LogP contribution < -0.4 is 9.47 Å². The number of hydrogen-bond donors (Lipinski definition) is 0. The average Bonchev–Trinajstić information content (AvgIpc) is 2.94. The fourth-order valence-electron chi connectivity index (χ4n) is 4.70. The van der Waals surface area contributed by atoms with Gasteiger partial charge in [-0.3, -0.25) is 3.63 Å². The minimum absolute atomic E-state index is 0.262. The smallest absolute Gasteiger partial charge is 0.387 e. The van der Waals surface area contributed by atoms with Crippen molar-refractivity contribution >= 4 is 20.4 Å². The predicted octanol–water partition coefficient (Wildman–Crippen LogP) is 6.75. The molecule has 3 aromatic carbocycles. The standard InChI is InChI=1S/C29H34O7S2/c1-37(30,31)36-38(25-9-3-2-4-10-25,26-17-13-23(14-18-26)34-28-11-5-7-21-32-28)27-19-15-24(16-20-27)35-29-12-6-8-22-33-29/h2-4,9-10,13-20,28-29H,5-8,11-12,21-22H2,1H3/p+1. The molecule has 3 aromatic rings. The number of rotatable bonds is 9. The van der Waals surface area contributed by atoms with Crippen LogP contribution in [0.25, 0.3) is 0 Å². The van der Waals surface area contributed by atoms with E-state index in [-0.39, 0.29) is 12.6 Å². The van der Waals surface area contributed by atoms with Crippen LogP contribution in [-0.4, -0.2) is 44.1 Å². The van der Waals surface area contributed by atoms with Crippen LogP contribution in [0.2, 0.25) is 0 Å². The van der Waals surface area contributed by atoms with Crippen LogP contribution in [0.15, 0.2) is 93.5 Å². The highest BCUT2D eigenvalue weighted by atomic mass is 32.3. The van der Waals surface area contributed by atoms with E-state index in [4.69, 9.17) is 18.9 Å². The Balaban J connectivity index is 1.52. The first-order valence-electron chi connectivity index (χ1n) is 13.0. The van der Waals surface area contributed by atoms with Gasteiger partial charge in [-0.2, -0.15) is 8.42 Å². The van der Waals surface area contributed by atoms with Crippen molar-refractivity contribution in [3.63, 3.8) is 0 Å². The van der Waals surface area contributed by atoms with Crippen molar-refractivity contribution in [1.29, 1.82) is 0 Å². The summed E-state index contributed by atoms with van der Waals surface area (Å²) in [6.45, 7) is 1.40. The SMILES string of the molecule is CS(=O)(=O)[OH+]S(c1ccccc1)(c1ccc(OC2CCCCO2)cc1)c1ccc(OC2CCCCO2)cc1. The van der Waals surface area contributed by atoms with Crippen molar-refractivity contribution in [1.82, 2.24) is 0 Å². The zero-order valence-corrected chi connectivity index (χ0v) is 23.2. The van der Waals surface area contributed by atoms with Gasteiger partial charge in [0.05, 0.1) is 38.2 Å². The molecule has 0 saturated carbocycles. The van der Waals surface area contributed by atoms with Gasteiger partial charge in [0.2, 0.25) is 0 Å². The van der Waals surface area contributed by atoms with Crippen LogP contribution in [0.4, 0.5) is 0 Å². The van der Waals surface area contributed by atoms with Crippen molar-refractivity contribution in [2.24, 2.45) is 0 Å². The number of hydrogen-bond acceptors (Lipinski definition) is 6. The maximum atomic E-state index is 12.8. The first-order valence-corrected chi connectivity index (χ1v) is 16.5. The van der Waals surface area contributed by atoms with E-state index in [1.54, 1.807) is 0 Å². The first kappa shape index (κ1) is 27.0. The second-order valence-electron chi connectivity index (χ2n) is 9.47. The minimum atomic E-state index is -3.73. The summed E-state index contributed by atoms with van der Waals surface area (Å²) in [6, 6.07) is 24.7. The Labute approximate surface area is 226 Å². The summed E-state index contributed by atoms with van der Waals surface area (Å²) >= 11 is 0. The Morgan fingerprint density at radius 2 is 1.11 bits per heavy atom. The maximum Gasteiger partial charge on any atom is 0.387 e. The summed E-state index contributed by atoms with van der Waals surface area (Å²) in [4.78, 5) is 2.39. The zero-order chi connectivity index (χ0) is 26.4. The number of benzene rings is 3. The predicted molar refractivity (Wildman–Crippen MR) is 148 cm³/mol. The molecule has 2 unspecified atom stereocenters. The molecule has 2 aliphatic heterocycles. The van der Waals surface area contributed by atoms with Crippen molar-refractivity contribution in [3.8, 4) is 11.5 Å². The Bertz CT molecular complexity index is 1200. The molecule has 2 aliphatic rings. The quantitative estimate of drug-likeness (QED) is 0.213. The topological polar surface area (TPSA) is 83.9 Å². The summed E-state index contributed by atoms with van der Waals surface area (Å²) in [6.07, 6.45) is 6.57. The van der Waals surface area contributed by atoms with Crippen molar-refractivity contribution in [3.05, 3.63) is 78.9 Å². The molecule has 5 rings (SSSR count). The molecule has 1 N–H and O–H groups in total. The zero-order valence-electron chi connectivity index (χ0n) is 21.5. The fourth-order valence-corrected chi connectivity index (χ4v) is 9.78. The Morgan fingerprint density at radius 3 is 1.50 bits per heavy atom. The monoisotopic (exact) mass is 559 g/mol. The summed E-state index contributed by atoms with van der Waals surface area (Å²) in [5, 5.41) is 0. The van der Waals surface area contributed by atoms with Crippen molar-refractivity contribution < 1.29 is 31.0 Å². The molecule has 2 fully saturated rings. The van der Waals surface area contributed by atoms with E-state index in [1.165, 1.54) is 0 Å². The van der Waals surface area contributed by atoms with E-state index >= 15 is 0 Å². The molecule has 2 heterocycles. The van der Waals surface area contributed by atoms with Crippen LogP contribution in [0, 0.1) is 0 Å². The van der Waals surface area contributed by atoms with Gasteiger partial charge < -0.3 is 18.9 Å². The molecule has 0 amide bonds. The Hall–Kier alpha value is -2.56. The second kappa shape index (κ2) is 12.1. The van der Waals surface area contributed by atoms with Gasteiger partial charge in [0, 0.05) is 12.8 Å². The van der Waals surface area contributed by atoms with Crippen molar-refractivity contribution in [2.45, 2.75) is 65.8 Å². The maximum absolute atomic E-state index is 12.8. The molecule has 0 aliphatic carbocycles. The second-order valence-corrected chi connectivity index (χ2v) is 14.1. The molecule has 0 bridgehead atoms. The van der Waals surface area contributed by atoms with Gasteiger partial charge in [0.1, 0.15) is 17.8 Å². The third-order valence-electron chi connectivity index (χ3n) is 6.47. The Kier molecular flexibility index (Phi) is 8.60. The highest BCUT2D eigenvalue weighted by molar-refractivity contribution is 8.32. The molecule has 9 heteroatoms. The highest BCUT2D eigenvalue weighted by Gasteiger charge is 2.41. The molecular weight excluding hydrogens is 524 g/mol. The van der Waals surface area contributed by atoms with Crippen LogP contribution in [-0.2, 0) is 19.6 Å². The average molecular weight is 560 g/mol. The summed E-state index contributed by atoms with van der Waals surface area (Å²) in [5.41, 5.74) is 0. The van der Waals surface area contributed by atoms with E-state index in [1.807, 2.05) is 78.9 Å². The van der Waals surface area contributed by atoms with Crippen molar-refractivity contribution in [2.75, 3.05) is 19.5 Å². The largest absolute Gasteiger partial charge is 0.465 e. The van der Waals surface area contributed by atoms with Gasteiger partial charge >= 0.3 is 10.1 Å². The van der Waals surface area contributed by atoms with Crippen LogP contribution in [0.5, 0.6) is 11.5 Å². The highest BCUT2D eigenvalue weighted by Crippen LogP contribution is 2.68. The lowest BCUT2D eigenvalue weighted by atomic mass is 10.2. The van der Waals surface area contributed by atoms with Gasteiger partial charge in [-0.15, -0.1) is 0 Å².